The third-order valence-corrected chi connectivity index (χ3v) is 5.94. The van der Waals surface area contributed by atoms with Gasteiger partial charge in [0.05, 0.1) is 11.4 Å². The number of hydrogen-bond acceptors (Lipinski definition) is 6. The van der Waals surface area contributed by atoms with Crippen LogP contribution in [0.1, 0.15) is 0 Å². The summed E-state index contributed by atoms with van der Waals surface area (Å²) in [5.74, 6) is -1.27. The number of aromatic nitrogens is 4. The van der Waals surface area contributed by atoms with E-state index in [1.54, 1.807) is 5.38 Å². The van der Waals surface area contributed by atoms with Gasteiger partial charge in [-0.25, -0.2) is 13.8 Å². The molecule has 4 aromatic rings. The highest BCUT2D eigenvalue weighted by atomic mass is 32.2. The number of rotatable bonds is 6. The molecule has 6 nitrogen and oxygen atoms in total. The van der Waals surface area contributed by atoms with E-state index in [0.717, 1.165) is 23.5 Å². The molecule has 0 fully saturated rings. The zero-order chi connectivity index (χ0) is 21.1. The van der Waals surface area contributed by atoms with Crippen LogP contribution in [0.3, 0.4) is 0 Å². The number of nitrogens with zero attached hydrogens (tertiary/aromatic N) is 4. The summed E-state index contributed by atoms with van der Waals surface area (Å²) < 4.78 is 28.3. The SMILES string of the molecule is Cn1c(SCC(=O)Nc2nc(-c3ccc(F)c(F)c3)cs2)nnc1-c1ccccc1. The van der Waals surface area contributed by atoms with Crippen molar-refractivity contribution in [2.24, 2.45) is 7.05 Å². The van der Waals surface area contributed by atoms with E-state index >= 15 is 0 Å². The van der Waals surface area contributed by atoms with E-state index in [4.69, 9.17) is 0 Å². The summed E-state index contributed by atoms with van der Waals surface area (Å²) in [6.45, 7) is 0. The minimum Gasteiger partial charge on any atom is -0.305 e. The molecule has 0 aliphatic heterocycles. The van der Waals surface area contributed by atoms with Crippen molar-refractivity contribution in [2.45, 2.75) is 5.16 Å². The predicted octanol–water partition coefficient (Wildman–Crippen LogP) is 4.61. The average Bonchev–Trinajstić information content (AvgIpc) is 3.36. The quantitative estimate of drug-likeness (QED) is 0.441. The van der Waals surface area contributed by atoms with Crippen LogP contribution in [0.15, 0.2) is 59.1 Å². The molecule has 4 rings (SSSR count). The number of thioether (sulfide) groups is 1. The molecular formula is C20H15F2N5OS2. The number of hydrogen-bond donors (Lipinski definition) is 1. The van der Waals surface area contributed by atoms with Crippen LogP contribution in [0.25, 0.3) is 22.6 Å². The lowest BCUT2D eigenvalue weighted by Crippen LogP contribution is -2.14. The first-order chi connectivity index (χ1) is 14.5. The second-order valence-corrected chi connectivity index (χ2v) is 8.04. The molecular weight excluding hydrogens is 428 g/mol. The van der Waals surface area contributed by atoms with Crippen LogP contribution in [0, 0.1) is 11.6 Å². The summed E-state index contributed by atoms with van der Waals surface area (Å²) in [4.78, 5) is 16.5. The van der Waals surface area contributed by atoms with Crippen molar-refractivity contribution in [1.82, 2.24) is 19.7 Å². The summed E-state index contributed by atoms with van der Waals surface area (Å²) in [5.41, 5.74) is 1.84. The van der Waals surface area contributed by atoms with Crippen molar-refractivity contribution < 1.29 is 13.6 Å². The molecule has 0 bridgehead atoms. The van der Waals surface area contributed by atoms with Gasteiger partial charge in [0.2, 0.25) is 5.91 Å². The minimum absolute atomic E-state index is 0.126. The Hall–Kier alpha value is -3.11. The smallest absolute Gasteiger partial charge is 0.236 e. The number of halogens is 2. The Kier molecular flexibility index (Phi) is 5.86. The topological polar surface area (TPSA) is 72.7 Å². The second kappa shape index (κ2) is 8.72. The van der Waals surface area contributed by atoms with Crippen molar-refractivity contribution in [2.75, 3.05) is 11.1 Å². The molecule has 0 aliphatic rings. The number of carbonyl (C=O) groups excluding carboxylic acids is 1. The first-order valence-corrected chi connectivity index (χ1v) is 10.7. The normalized spacial score (nSPS) is 10.9. The number of thiazole rings is 1. The van der Waals surface area contributed by atoms with Gasteiger partial charge in [0, 0.05) is 23.6 Å². The molecule has 0 radical (unpaired) electrons. The molecule has 0 saturated heterocycles. The third-order valence-electron chi connectivity index (χ3n) is 4.17. The Labute approximate surface area is 179 Å². The van der Waals surface area contributed by atoms with Crippen LogP contribution >= 0.6 is 23.1 Å². The first-order valence-electron chi connectivity index (χ1n) is 8.79. The Morgan fingerprint density at radius 1 is 1.10 bits per heavy atom. The summed E-state index contributed by atoms with van der Waals surface area (Å²) in [6, 6.07) is 13.2. The Bertz CT molecular complexity index is 1190. The largest absolute Gasteiger partial charge is 0.305 e. The summed E-state index contributed by atoms with van der Waals surface area (Å²) in [7, 11) is 1.84. The van der Waals surface area contributed by atoms with Crippen LogP contribution in [0.2, 0.25) is 0 Å². The van der Waals surface area contributed by atoms with E-state index in [9.17, 15) is 13.6 Å². The standard InChI is InChI=1S/C20H15F2N5OS2/c1-27-18(12-5-3-2-4-6-12)25-26-20(27)30-11-17(28)24-19-23-16(10-29-19)13-7-8-14(21)15(22)9-13/h2-10H,11H2,1H3,(H,23,24,28). The molecule has 1 amide bonds. The van der Waals surface area contributed by atoms with E-state index < -0.39 is 11.6 Å². The van der Waals surface area contributed by atoms with Gasteiger partial charge >= 0.3 is 0 Å². The number of nitrogens with one attached hydrogen (secondary N) is 1. The molecule has 152 valence electrons. The van der Waals surface area contributed by atoms with Crippen LogP contribution in [0.4, 0.5) is 13.9 Å². The molecule has 0 atom stereocenters. The lowest BCUT2D eigenvalue weighted by molar-refractivity contribution is -0.113. The molecule has 0 saturated carbocycles. The van der Waals surface area contributed by atoms with Crippen molar-refractivity contribution in [1.29, 1.82) is 0 Å². The van der Waals surface area contributed by atoms with Gasteiger partial charge in [0.15, 0.2) is 27.7 Å². The molecule has 1 N–H and O–H groups in total. The van der Waals surface area contributed by atoms with Gasteiger partial charge in [-0.3, -0.25) is 4.79 Å². The van der Waals surface area contributed by atoms with Crippen molar-refractivity contribution in [3.8, 4) is 22.6 Å². The molecule has 2 heterocycles. The van der Waals surface area contributed by atoms with Gasteiger partial charge in [-0.05, 0) is 18.2 Å². The molecule has 0 aliphatic carbocycles. The maximum atomic E-state index is 13.4. The molecule has 0 unspecified atom stereocenters. The molecule has 10 heteroatoms. The van der Waals surface area contributed by atoms with Gasteiger partial charge in [-0.2, -0.15) is 0 Å². The monoisotopic (exact) mass is 443 g/mol. The fourth-order valence-electron chi connectivity index (χ4n) is 2.68. The van der Waals surface area contributed by atoms with Gasteiger partial charge in [0.25, 0.3) is 0 Å². The van der Waals surface area contributed by atoms with Gasteiger partial charge < -0.3 is 9.88 Å². The lowest BCUT2D eigenvalue weighted by Gasteiger charge is -2.04. The van der Waals surface area contributed by atoms with Gasteiger partial charge in [0.1, 0.15) is 0 Å². The zero-order valence-corrected chi connectivity index (χ0v) is 17.3. The third kappa shape index (κ3) is 4.39. The minimum atomic E-state index is -0.943. The van der Waals surface area contributed by atoms with Crippen LogP contribution in [-0.2, 0) is 11.8 Å². The summed E-state index contributed by atoms with van der Waals surface area (Å²) in [6.07, 6.45) is 0. The number of carbonyl (C=O) groups is 1. The highest BCUT2D eigenvalue weighted by Crippen LogP contribution is 2.27. The van der Waals surface area contributed by atoms with Gasteiger partial charge in [-0.1, -0.05) is 42.1 Å². The highest BCUT2D eigenvalue weighted by molar-refractivity contribution is 7.99. The van der Waals surface area contributed by atoms with E-state index in [0.29, 0.717) is 21.5 Å². The number of benzene rings is 2. The fraction of sp³-hybridized carbons (Fsp3) is 0.100. The lowest BCUT2D eigenvalue weighted by atomic mass is 10.2. The zero-order valence-electron chi connectivity index (χ0n) is 15.7. The fourth-order valence-corrected chi connectivity index (χ4v) is 4.13. The van der Waals surface area contributed by atoms with Crippen LogP contribution in [-0.4, -0.2) is 31.4 Å². The summed E-state index contributed by atoms with van der Waals surface area (Å²) >= 11 is 2.47. The van der Waals surface area contributed by atoms with Crippen molar-refractivity contribution >= 4 is 34.1 Å². The predicted molar refractivity (Wildman–Crippen MR) is 113 cm³/mol. The Morgan fingerprint density at radius 2 is 1.90 bits per heavy atom. The molecule has 2 aromatic carbocycles. The van der Waals surface area contributed by atoms with Crippen LogP contribution < -0.4 is 5.32 Å². The highest BCUT2D eigenvalue weighted by Gasteiger charge is 2.14. The van der Waals surface area contributed by atoms with E-state index in [-0.39, 0.29) is 11.7 Å². The second-order valence-electron chi connectivity index (χ2n) is 6.23. The van der Waals surface area contributed by atoms with E-state index in [1.807, 2.05) is 41.9 Å². The first kappa shape index (κ1) is 20.2. The van der Waals surface area contributed by atoms with Crippen molar-refractivity contribution in [3.05, 3.63) is 65.5 Å². The van der Waals surface area contributed by atoms with E-state index in [2.05, 4.69) is 20.5 Å². The summed E-state index contributed by atoms with van der Waals surface area (Å²) in [5, 5.41) is 13.7. The average molecular weight is 444 g/mol. The van der Waals surface area contributed by atoms with Crippen LogP contribution in [0.5, 0.6) is 0 Å². The number of anilines is 1. The van der Waals surface area contributed by atoms with Gasteiger partial charge in [-0.15, -0.1) is 21.5 Å². The molecule has 0 spiro atoms. The molecule has 2 aromatic heterocycles. The van der Waals surface area contributed by atoms with E-state index in [1.165, 1.54) is 29.2 Å². The molecule has 30 heavy (non-hydrogen) atoms. The van der Waals surface area contributed by atoms with Crippen molar-refractivity contribution in [3.63, 3.8) is 0 Å². The Morgan fingerprint density at radius 3 is 2.67 bits per heavy atom. The Balaban J connectivity index is 1.37. The maximum absolute atomic E-state index is 13.4. The number of amides is 1. The maximum Gasteiger partial charge on any atom is 0.236 e.